The van der Waals surface area contributed by atoms with E-state index in [1.807, 2.05) is 54.6 Å². The molecular formula is C20H23NO4S. The largest absolute Gasteiger partial charge is 0.496 e. The number of esters is 1. The molecule has 138 valence electrons. The van der Waals surface area contributed by atoms with Crippen molar-refractivity contribution >= 4 is 23.6 Å². The Hall–Kier alpha value is -2.47. The maximum Gasteiger partial charge on any atom is 0.307 e. The zero-order valence-electron chi connectivity index (χ0n) is 14.9. The number of carbonyl (C=O) groups is 2. The SMILES string of the molecule is COc1ccccc1CNC(=O)C(C)OC(=O)CCSc1ccccc1. The number of rotatable bonds is 9. The highest BCUT2D eigenvalue weighted by Gasteiger charge is 2.17. The second kappa shape index (κ2) is 10.5. The Morgan fingerprint density at radius 1 is 1.08 bits per heavy atom. The number of amides is 1. The number of hydrogen-bond donors (Lipinski definition) is 1. The fourth-order valence-corrected chi connectivity index (χ4v) is 3.11. The molecule has 1 amide bonds. The fraction of sp³-hybridized carbons (Fsp3) is 0.300. The topological polar surface area (TPSA) is 64.6 Å². The molecule has 0 radical (unpaired) electrons. The molecule has 0 aromatic heterocycles. The zero-order valence-corrected chi connectivity index (χ0v) is 15.8. The lowest BCUT2D eigenvalue weighted by atomic mass is 10.2. The highest BCUT2D eigenvalue weighted by Crippen LogP contribution is 2.18. The van der Waals surface area contributed by atoms with Gasteiger partial charge in [0.25, 0.3) is 5.91 Å². The molecule has 0 spiro atoms. The van der Waals surface area contributed by atoms with Gasteiger partial charge in [-0.05, 0) is 25.1 Å². The summed E-state index contributed by atoms with van der Waals surface area (Å²) >= 11 is 1.58. The van der Waals surface area contributed by atoms with Crippen molar-refractivity contribution in [3.05, 3.63) is 60.2 Å². The summed E-state index contributed by atoms with van der Waals surface area (Å²) in [6.07, 6.45) is -0.581. The zero-order chi connectivity index (χ0) is 18.8. The summed E-state index contributed by atoms with van der Waals surface area (Å²) in [5.74, 6) is 0.599. The number of para-hydroxylation sites is 1. The lowest BCUT2D eigenvalue weighted by molar-refractivity contribution is -0.154. The van der Waals surface area contributed by atoms with Crippen molar-refractivity contribution < 1.29 is 19.1 Å². The van der Waals surface area contributed by atoms with Crippen molar-refractivity contribution in [3.8, 4) is 5.75 Å². The van der Waals surface area contributed by atoms with E-state index in [1.54, 1.807) is 25.8 Å². The summed E-state index contributed by atoms with van der Waals surface area (Å²) in [4.78, 5) is 25.1. The maximum absolute atomic E-state index is 12.1. The van der Waals surface area contributed by atoms with Gasteiger partial charge in [0, 0.05) is 22.8 Å². The summed E-state index contributed by atoms with van der Waals surface area (Å²) in [5.41, 5.74) is 0.862. The molecule has 0 aliphatic rings. The van der Waals surface area contributed by atoms with Crippen molar-refractivity contribution in [3.63, 3.8) is 0 Å². The van der Waals surface area contributed by atoms with E-state index in [9.17, 15) is 9.59 Å². The van der Waals surface area contributed by atoms with Gasteiger partial charge < -0.3 is 14.8 Å². The van der Waals surface area contributed by atoms with Crippen molar-refractivity contribution in [2.45, 2.75) is 30.9 Å². The molecule has 1 N–H and O–H groups in total. The second-order valence-corrected chi connectivity index (χ2v) is 6.74. The Labute approximate surface area is 158 Å². The summed E-state index contributed by atoms with van der Waals surface area (Å²) < 4.78 is 10.4. The van der Waals surface area contributed by atoms with Gasteiger partial charge in [0.2, 0.25) is 0 Å². The molecule has 0 saturated heterocycles. The number of hydrogen-bond acceptors (Lipinski definition) is 5. The van der Waals surface area contributed by atoms with Crippen LogP contribution in [-0.4, -0.2) is 30.8 Å². The first kappa shape index (κ1) is 19.8. The van der Waals surface area contributed by atoms with E-state index in [4.69, 9.17) is 9.47 Å². The van der Waals surface area contributed by atoms with Gasteiger partial charge >= 0.3 is 5.97 Å². The standard InChI is InChI=1S/C20H23NO4S/c1-15(20(23)21-14-16-8-6-7-11-18(16)24-2)25-19(22)12-13-26-17-9-4-3-5-10-17/h3-11,15H,12-14H2,1-2H3,(H,21,23). The van der Waals surface area contributed by atoms with Gasteiger partial charge in [-0.3, -0.25) is 9.59 Å². The van der Waals surface area contributed by atoms with Gasteiger partial charge in [0.1, 0.15) is 5.75 Å². The van der Waals surface area contributed by atoms with Gasteiger partial charge in [-0.15, -0.1) is 11.8 Å². The van der Waals surface area contributed by atoms with E-state index in [2.05, 4.69) is 5.32 Å². The Morgan fingerprint density at radius 2 is 1.77 bits per heavy atom. The number of methoxy groups -OCH3 is 1. The van der Waals surface area contributed by atoms with Crippen LogP contribution in [0.4, 0.5) is 0 Å². The smallest absolute Gasteiger partial charge is 0.307 e. The van der Waals surface area contributed by atoms with Crippen LogP contribution in [0.15, 0.2) is 59.5 Å². The van der Waals surface area contributed by atoms with Crippen LogP contribution in [0.2, 0.25) is 0 Å². The summed E-state index contributed by atoms with van der Waals surface area (Å²) in [6, 6.07) is 17.3. The summed E-state index contributed by atoms with van der Waals surface area (Å²) in [5, 5.41) is 2.76. The minimum absolute atomic E-state index is 0.254. The Balaban J connectivity index is 1.71. The minimum Gasteiger partial charge on any atom is -0.496 e. The first-order valence-corrected chi connectivity index (χ1v) is 9.35. The molecule has 0 aliphatic heterocycles. The fourth-order valence-electron chi connectivity index (χ4n) is 2.25. The maximum atomic E-state index is 12.1. The van der Waals surface area contributed by atoms with E-state index in [1.165, 1.54) is 0 Å². The third-order valence-corrected chi connectivity index (χ3v) is 4.65. The first-order chi connectivity index (χ1) is 12.6. The molecule has 0 saturated carbocycles. The summed E-state index contributed by atoms with van der Waals surface area (Å²) in [6.45, 7) is 1.88. The number of thioether (sulfide) groups is 1. The van der Waals surface area contributed by atoms with Gasteiger partial charge in [-0.1, -0.05) is 36.4 Å². The highest BCUT2D eigenvalue weighted by atomic mass is 32.2. The third kappa shape index (κ3) is 6.44. The number of ether oxygens (including phenoxy) is 2. The highest BCUT2D eigenvalue weighted by molar-refractivity contribution is 7.99. The predicted octanol–water partition coefficient (Wildman–Crippen LogP) is 3.43. The number of nitrogens with one attached hydrogen (secondary N) is 1. The molecule has 6 heteroatoms. The molecule has 26 heavy (non-hydrogen) atoms. The van der Waals surface area contributed by atoms with Crippen molar-refractivity contribution in [2.24, 2.45) is 0 Å². The second-order valence-electron chi connectivity index (χ2n) is 5.57. The first-order valence-electron chi connectivity index (χ1n) is 8.37. The van der Waals surface area contributed by atoms with Crippen molar-refractivity contribution in [1.29, 1.82) is 0 Å². The predicted molar refractivity (Wildman–Crippen MR) is 102 cm³/mol. The van der Waals surface area contributed by atoms with Gasteiger partial charge in [-0.25, -0.2) is 0 Å². The van der Waals surface area contributed by atoms with Gasteiger partial charge in [0.05, 0.1) is 13.5 Å². The number of benzene rings is 2. The Morgan fingerprint density at radius 3 is 2.50 bits per heavy atom. The van der Waals surface area contributed by atoms with Crippen molar-refractivity contribution in [2.75, 3.05) is 12.9 Å². The van der Waals surface area contributed by atoms with Crippen LogP contribution < -0.4 is 10.1 Å². The van der Waals surface area contributed by atoms with Crippen LogP contribution in [-0.2, 0) is 20.9 Å². The van der Waals surface area contributed by atoms with Crippen LogP contribution in [0, 0.1) is 0 Å². The van der Waals surface area contributed by atoms with Gasteiger partial charge in [-0.2, -0.15) is 0 Å². The average molecular weight is 373 g/mol. The molecule has 1 unspecified atom stereocenters. The molecule has 2 rings (SSSR count). The normalized spacial score (nSPS) is 11.5. The number of carbonyl (C=O) groups excluding carboxylic acids is 2. The molecule has 0 heterocycles. The van der Waals surface area contributed by atoms with E-state index in [0.717, 1.165) is 10.5 Å². The van der Waals surface area contributed by atoms with Crippen LogP contribution in [0.25, 0.3) is 0 Å². The van der Waals surface area contributed by atoms with Crippen LogP contribution >= 0.6 is 11.8 Å². The van der Waals surface area contributed by atoms with Crippen LogP contribution in [0.3, 0.4) is 0 Å². The van der Waals surface area contributed by atoms with E-state index in [-0.39, 0.29) is 18.3 Å². The molecule has 0 fully saturated rings. The molecule has 2 aromatic carbocycles. The quantitative estimate of drug-likeness (QED) is 0.539. The molecule has 1 atom stereocenters. The van der Waals surface area contributed by atoms with E-state index in [0.29, 0.717) is 18.0 Å². The monoisotopic (exact) mass is 373 g/mol. The van der Waals surface area contributed by atoms with Crippen LogP contribution in [0.5, 0.6) is 5.75 Å². The molecule has 5 nitrogen and oxygen atoms in total. The summed E-state index contributed by atoms with van der Waals surface area (Å²) in [7, 11) is 1.58. The van der Waals surface area contributed by atoms with E-state index >= 15 is 0 Å². The van der Waals surface area contributed by atoms with E-state index < -0.39 is 6.10 Å². The Kier molecular flexibility index (Phi) is 8.02. The van der Waals surface area contributed by atoms with Gasteiger partial charge in [0.15, 0.2) is 6.10 Å². The minimum atomic E-state index is -0.834. The molecule has 0 aliphatic carbocycles. The Bertz CT molecular complexity index is 721. The lowest BCUT2D eigenvalue weighted by Crippen LogP contribution is -2.35. The lowest BCUT2D eigenvalue weighted by Gasteiger charge is -2.14. The average Bonchev–Trinajstić information content (AvgIpc) is 2.67. The molecule has 2 aromatic rings. The van der Waals surface area contributed by atoms with Crippen molar-refractivity contribution in [1.82, 2.24) is 5.32 Å². The van der Waals surface area contributed by atoms with Crippen LogP contribution in [0.1, 0.15) is 18.9 Å². The third-order valence-electron chi connectivity index (χ3n) is 3.64. The molecule has 0 bridgehead atoms. The molecular weight excluding hydrogens is 350 g/mol.